The Morgan fingerprint density at radius 2 is 2.04 bits per heavy atom. The van der Waals surface area contributed by atoms with Crippen molar-refractivity contribution in [3.63, 3.8) is 0 Å². The zero-order chi connectivity index (χ0) is 19.7. The van der Waals surface area contributed by atoms with Gasteiger partial charge in [-0.05, 0) is 37.3 Å². The fraction of sp³-hybridized carbons (Fsp3) is 0.111. The average Bonchev–Trinajstić information content (AvgIpc) is 3.27. The molecule has 4 aromatic rings. The number of thioether (sulfide) groups is 1. The Balaban J connectivity index is 1.43. The second-order valence-corrected chi connectivity index (χ2v) is 9.00. The molecule has 4 rings (SSSR count). The fourth-order valence-corrected chi connectivity index (χ4v) is 4.62. The van der Waals surface area contributed by atoms with Crippen molar-refractivity contribution >= 4 is 68.4 Å². The van der Waals surface area contributed by atoms with Crippen LogP contribution in [0.1, 0.15) is 6.92 Å². The summed E-state index contributed by atoms with van der Waals surface area (Å²) in [6, 6.07) is 12.9. The Hall–Kier alpha value is -2.13. The number of imidazole rings is 1. The summed E-state index contributed by atoms with van der Waals surface area (Å²) in [4.78, 5) is 20.2. The van der Waals surface area contributed by atoms with Crippen molar-refractivity contribution in [2.45, 2.75) is 17.3 Å². The molecule has 1 atom stereocenters. The number of nitrogens with one attached hydrogen (secondary N) is 2. The van der Waals surface area contributed by atoms with Crippen LogP contribution >= 0.6 is 46.3 Å². The number of H-pyrrole nitrogens is 1. The van der Waals surface area contributed by atoms with E-state index in [9.17, 15) is 4.79 Å². The van der Waals surface area contributed by atoms with Crippen molar-refractivity contribution in [3.05, 3.63) is 52.5 Å². The van der Waals surface area contributed by atoms with Gasteiger partial charge in [0.15, 0.2) is 10.2 Å². The standard InChI is InChI=1S/C18H13Cl2N5OS2/c1-9(27-17-21-13-4-2-3-5-14(13)22-17)15(26)23-18-25-24-16(28-18)11-7-6-10(19)8-12(11)20/h2-9H,1H3,(H,21,22)(H,23,25,26). The number of anilines is 1. The largest absolute Gasteiger partial charge is 0.333 e. The van der Waals surface area contributed by atoms with E-state index in [1.807, 2.05) is 31.2 Å². The van der Waals surface area contributed by atoms with Crippen LogP contribution in [0.3, 0.4) is 0 Å². The van der Waals surface area contributed by atoms with Gasteiger partial charge in [0.05, 0.1) is 21.3 Å². The second-order valence-electron chi connectivity index (χ2n) is 5.84. The first kappa shape index (κ1) is 19.2. The van der Waals surface area contributed by atoms with Gasteiger partial charge in [-0.1, -0.05) is 58.4 Å². The molecule has 2 heterocycles. The Bertz CT molecular complexity index is 1130. The van der Waals surface area contributed by atoms with Crippen LogP contribution < -0.4 is 5.32 Å². The first-order valence-corrected chi connectivity index (χ1v) is 10.7. The second kappa shape index (κ2) is 8.08. The number of nitrogens with zero attached hydrogens (tertiary/aromatic N) is 3. The van der Waals surface area contributed by atoms with Crippen molar-refractivity contribution < 1.29 is 4.79 Å². The molecule has 1 unspecified atom stereocenters. The van der Waals surface area contributed by atoms with Crippen LogP contribution in [0.15, 0.2) is 47.6 Å². The van der Waals surface area contributed by atoms with Crippen LogP contribution in [-0.4, -0.2) is 31.3 Å². The molecule has 1 amide bonds. The topological polar surface area (TPSA) is 83.6 Å². The normalized spacial score (nSPS) is 12.2. The number of aromatic nitrogens is 4. The lowest BCUT2D eigenvalue weighted by Gasteiger charge is -2.07. The molecule has 28 heavy (non-hydrogen) atoms. The van der Waals surface area contributed by atoms with Crippen LogP contribution in [0.5, 0.6) is 0 Å². The maximum absolute atomic E-state index is 12.5. The van der Waals surface area contributed by atoms with E-state index < -0.39 is 0 Å². The van der Waals surface area contributed by atoms with E-state index in [-0.39, 0.29) is 11.2 Å². The molecule has 0 spiro atoms. The third-order valence-electron chi connectivity index (χ3n) is 3.84. The summed E-state index contributed by atoms with van der Waals surface area (Å²) in [6.07, 6.45) is 0. The van der Waals surface area contributed by atoms with Gasteiger partial charge in [0.1, 0.15) is 0 Å². The van der Waals surface area contributed by atoms with Crippen LogP contribution in [0, 0.1) is 0 Å². The summed E-state index contributed by atoms with van der Waals surface area (Å²) in [5.41, 5.74) is 2.52. The zero-order valence-corrected chi connectivity index (χ0v) is 17.6. The summed E-state index contributed by atoms with van der Waals surface area (Å²) in [5.74, 6) is -0.185. The fourth-order valence-electron chi connectivity index (χ4n) is 2.46. The van der Waals surface area contributed by atoms with Gasteiger partial charge in [0.25, 0.3) is 0 Å². The Kier molecular flexibility index (Phi) is 5.54. The van der Waals surface area contributed by atoms with E-state index >= 15 is 0 Å². The minimum atomic E-state index is -0.368. The molecule has 2 aromatic heterocycles. The SMILES string of the molecule is CC(Sc1nc2ccccc2[nH]1)C(=O)Nc1nnc(-c2ccc(Cl)cc2Cl)s1. The van der Waals surface area contributed by atoms with Crippen LogP contribution in [0.2, 0.25) is 10.0 Å². The van der Waals surface area contributed by atoms with Gasteiger partial charge >= 0.3 is 0 Å². The minimum Gasteiger partial charge on any atom is -0.333 e. The lowest BCUT2D eigenvalue weighted by atomic mass is 10.2. The summed E-state index contributed by atoms with van der Waals surface area (Å²) >= 11 is 14.7. The van der Waals surface area contributed by atoms with Crippen LogP contribution in [0.4, 0.5) is 5.13 Å². The first-order chi connectivity index (χ1) is 13.5. The molecule has 0 fully saturated rings. The third kappa shape index (κ3) is 4.15. The van der Waals surface area contributed by atoms with Crippen LogP contribution in [0.25, 0.3) is 21.6 Å². The minimum absolute atomic E-state index is 0.185. The molecule has 0 aliphatic heterocycles. The van der Waals surface area contributed by atoms with E-state index in [1.54, 1.807) is 18.2 Å². The average molecular weight is 450 g/mol. The molecular formula is C18H13Cl2N5OS2. The van der Waals surface area contributed by atoms with Gasteiger partial charge in [-0.25, -0.2) is 4.98 Å². The van der Waals surface area contributed by atoms with Crippen LogP contribution in [-0.2, 0) is 4.79 Å². The quantitative estimate of drug-likeness (QED) is 0.392. The Morgan fingerprint density at radius 3 is 2.82 bits per heavy atom. The van der Waals surface area contributed by atoms with E-state index in [0.717, 1.165) is 11.0 Å². The Labute approximate surface area is 178 Å². The molecule has 10 heteroatoms. The van der Waals surface area contributed by atoms with Gasteiger partial charge in [-0.2, -0.15) is 0 Å². The molecule has 0 aliphatic rings. The van der Waals surface area contributed by atoms with E-state index in [4.69, 9.17) is 23.2 Å². The van der Waals surface area contributed by atoms with Gasteiger partial charge < -0.3 is 4.98 Å². The Morgan fingerprint density at radius 1 is 1.21 bits per heavy atom. The molecule has 0 saturated heterocycles. The number of aromatic amines is 1. The molecule has 6 nitrogen and oxygen atoms in total. The number of para-hydroxylation sites is 2. The molecule has 2 N–H and O–H groups in total. The number of rotatable bonds is 5. The molecule has 2 aromatic carbocycles. The van der Waals surface area contributed by atoms with E-state index in [2.05, 4.69) is 25.5 Å². The predicted octanol–water partition coefficient (Wildman–Crippen LogP) is 5.51. The highest BCUT2D eigenvalue weighted by Crippen LogP contribution is 2.34. The summed E-state index contributed by atoms with van der Waals surface area (Å²) in [6.45, 7) is 1.81. The lowest BCUT2D eigenvalue weighted by molar-refractivity contribution is -0.115. The number of carbonyl (C=O) groups is 1. The lowest BCUT2D eigenvalue weighted by Crippen LogP contribution is -2.22. The van der Waals surface area contributed by atoms with E-state index in [0.29, 0.717) is 30.9 Å². The van der Waals surface area contributed by atoms with Crippen molar-refractivity contribution in [3.8, 4) is 10.6 Å². The number of hydrogen-bond acceptors (Lipinski definition) is 6. The first-order valence-electron chi connectivity index (χ1n) is 8.21. The monoisotopic (exact) mass is 449 g/mol. The van der Waals surface area contributed by atoms with Gasteiger partial charge in [-0.15, -0.1) is 10.2 Å². The molecule has 0 bridgehead atoms. The predicted molar refractivity (Wildman–Crippen MR) is 115 cm³/mol. The van der Waals surface area contributed by atoms with Crippen molar-refractivity contribution in [1.29, 1.82) is 0 Å². The number of hydrogen-bond donors (Lipinski definition) is 2. The summed E-state index contributed by atoms with van der Waals surface area (Å²) in [7, 11) is 0. The molecule has 0 radical (unpaired) electrons. The summed E-state index contributed by atoms with van der Waals surface area (Å²) < 4.78 is 0. The van der Waals surface area contributed by atoms with Gasteiger partial charge in [-0.3, -0.25) is 10.1 Å². The van der Waals surface area contributed by atoms with E-state index in [1.165, 1.54) is 23.1 Å². The van der Waals surface area contributed by atoms with Crippen molar-refractivity contribution in [1.82, 2.24) is 20.2 Å². The third-order valence-corrected chi connectivity index (χ3v) is 6.25. The van der Waals surface area contributed by atoms with Gasteiger partial charge in [0, 0.05) is 10.6 Å². The highest BCUT2D eigenvalue weighted by atomic mass is 35.5. The molecular weight excluding hydrogens is 437 g/mol. The number of amides is 1. The number of benzene rings is 2. The maximum Gasteiger partial charge on any atom is 0.239 e. The number of fused-ring (bicyclic) bond motifs is 1. The number of carbonyl (C=O) groups excluding carboxylic acids is 1. The smallest absolute Gasteiger partial charge is 0.239 e. The van der Waals surface area contributed by atoms with Crippen molar-refractivity contribution in [2.75, 3.05) is 5.32 Å². The number of halogens is 2. The van der Waals surface area contributed by atoms with Crippen molar-refractivity contribution in [2.24, 2.45) is 0 Å². The molecule has 0 aliphatic carbocycles. The highest BCUT2D eigenvalue weighted by molar-refractivity contribution is 8.00. The highest BCUT2D eigenvalue weighted by Gasteiger charge is 2.19. The zero-order valence-electron chi connectivity index (χ0n) is 14.4. The molecule has 142 valence electrons. The summed E-state index contributed by atoms with van der Waals surface area (Å²) in [5, 5.41) is 13.3. The maximum atomic E-state index is 12.5. The molecule has 0 saturated carbocycles. The van der Waals surface area contributed by atoms with Gasteiger partial charge in [0.2, 0.25) is 11.0 Å².